The molecule has 9 heteroatoms. The first-order valence-corrected chi connectivity index (χ1v) is 12.1. The number of carbonyl (C=O) groups excluding carboxylic acids is 1. The van der Waals surface area contributed by atoms with Crippen molar-refractivity contribution in [2.75, 3.05) is 19.7 Å². The predicted molar refractivity (Wildman–Crippen MR) is 120 cm³/mol. The Balaban J connectivity index is 1.31. The van der Waals surface area contributed by atoms with Crippen LogP contribution in [0.4, 0.5) is 0 Å². The first-order chi connectivity index (χ1) is 15.5. The lowest BCUT2D eigenvalue weighted by molar-refractivity contribution is 0.0953. The second-order valence-corrected chi connectivity index (χ2v) is 9.37. The van der Waals surface area contributed by atoms with Crippen LogP contribution in [0, 0.1) is 0 Å². The normalized spacial score (nSPS) is 16.2. The van der Waals surface area contributed by atoms with Gasteiger partial charge < -0.3 is 10.1 Å². The van der Waals surface area contributed by atoms with Gasteiger partial charge in [-0.25, -0.2) is 17.8 Å². The number of nitrogens with one attached hydrogen (secondary N) is 2. The molecule has 3 aromatic rings. The van der Waals surface area contributed by atoms with Crippen LogP contribution < -0.4 is 10.0 Å². The first-order valence-electron chi connectivity index (χ1n) is 10.6. The van der Waals surface area contributed by atoms with Crippen LogP contribution in [-0.4, -0.2) is 49.9 Å². The van der Waals surface area contributed by atoms with E-state index in [1.165, 1.54) is 12.1 Å². The SMILES string of the molecule is O=C(NCCc1ccn(-c2ccccc2)n1)c1cccc(S(=O)(=O)NCC2CCCO2)c1. The van der Waals surface area contributed by atoms with Crippen molar-refractivity contribution in [3.8, 4) is 5.69 Å². The lowest BCUT2D eigenvalue weighted by Crippen LogP contribution is -2.32. The Hall–Kier alpha value is -3.01. The highest BCUT2D eigenvalue weighted by atomic mass is 32.2. The van der Waals surface area contributed by atoms with E-state index in [-0.39, 0.29) is 23.5 Å². The van der Waals surface area contributed by atoms with E-state index in [1.807, 2.05) is 42.6 Å². The van der Waals surface area contributed by atoms with Gasteiger partial charge in [-0.05, 0) is 49.2 Å². The summed E-state index contributed by atoms with van der Waals surface area (Å²) in [4.78, 5) is 12.6. The van der Waals surface area contributed by atoms with Crippen LogP contribution in [0.25, 0.3) is 5.69 Å². The summed E-state index contributed by atoms with van der Waals surface area (Å²) in [6.07, 6.45) is 4.13. The molecular weight excluding hydrogens is 428 g/mol. The summed E-state index contributed by atoms with van der Waals surface area (Å²) in [5, 5.41) is 7.35. The third kappa shape index (κ3) is 5.61. The number of carbonyl (C=O) groups is 1. The molecule has 1 unspecified atom stereocenters. The molecule has 8 nitrogen and oxygen atoms in total. The van der Waals surface area contributed by atoms with Gasteiger partial charge in [0.05, 0.1) is 22.4 Å². The van der Waals surface area contributed by atoms with Crippen LogP contribution in [0.15, 0.2) is 71.8 Å². The molecule has 2 aromatic carbocycles. The van der Waals surface area contributed by atoms with Gasteiger partial charge in [-0.2, -0.15) is 5.10 Å². The van der Waals surface area contributed by atoms with Crippen molar-refractivity contribution >= 4 is 15.9 Å². The summed E-state index contributed by atoms with van der Waals surface area (Å²) in [5.74, 6) is -0.330. The van der Waals surface area contributed by atoms with Gasteiger partial charge in [-0.3, -0.25) is 4.79 Å². The average Bonchev–Trinajstić information content (AvgIpc) is 3.51. The van der Waals surface area contributed by atoms with Crippen molar-refractivity contribution in [3.63, 3.8) is 0 Å². The van der Waals surface area contributed by atoms with Gasteiger partial charge in [0, 0.05) is 37.9 Å². The molecule has 2 N–H and O–H groups in total. The molecular formula is C23H26N4O4S. The molecule has 1 aromatic heterocycles. The number of para-hydroxylation sites is 1. The van der Waals surface area contributed by atoms with Crippen LogP contribution in [0.3, 0.4) is 0 Å². The standard InChI is InChI=1S/C23H26N4O4S/c28-23(24-13-11-19-12-14-27(26-19)20-7-2-1-3-8-20)18-6-4-10-22(16-18)32(29,30)25-17-21-9-5-15-31-21/h1-4,6-8,10,12,14,16,21,25H,5,9,11,13,15,17H2,(H,24,28). The minimum absolute atomic E-state index is 0.0600. The Morgan fingerprint density at radius 2 is 1.97 bits per heavy atom. The first kappa shape index (κ1) is 22.2. The van der Waals surface area contributed by atoms with E-state index in [4.69, 9.17) is 4.74 Å². The quantitative estimate of drug-likeness (QED) is 0.517. The molecule has 1 aliphatic heterocycles. The van der Waals surface area contributed by atoms with Crippen molar-refractivity contribution in [3.05, 3.63) is 78.1 Å². The van der Waals surface area contributed by atoms with Crippen LogP contribution in [0.5, 0.6) is 0 Å². The number of sulfonamides is 1. The molecule has 0 saturated carbocycles. The van der Waals surface area contributed by atoms with Crippen LogP contribution in [0.2, 0.25) is 0 Å². The van der Waals surface area contributed by atoms with E-state index in [2.05, 4.69) is 15.1 Å². The van der Waals surface area contributed by atoms with Crippen LogP contribution >= 0.6 is 0 Å². The maximum absolute atomic E-state index is 12.6. The lowest BCUT2D eigenvalue weighted by Gasteiger charge is -2.12. The molecule has 168 valence electrons. The zero-order chi connectivity index (χ0) is 22.4. The van der Waals surface area contributed by atoms with Gasteiger partial charge in [0.15, 0.2) is 0 Å². The number of hydrogen-bond donors (Lipinski definition) is 2. The Morgan fingerprint density at radius 3 is 2.75 bits per heavy atom. The fraction of sp³-hybridized carbons (Fsp3) is 0.304. The van der Waals surface area contributed by atoms with E-state index in [0.717, 1.165) is 24.2 Å². The maximum atomic E-state index is 12.6. The third-order valence-electron chi connectivity index (χ3n) is 5.26. The summed E-state index contributed by atoms with van der Waals surface area (Å²) in [6.45, 7) is 1.28. The molecule has 0 spiro atoms. The second-order valence-electron chi connectivity index (χ2n) is 7.61. The zero-order valence-electron chi connectivity index (χ0n) is 17.6. The van der Waals surface area contributed by atoms with E-state index >= 15 is 0 Å². The highest BCUT2D eigenvalue weighted by Crippen LogP contribution is 2.15. The fourth-order valence-corrected chi connectivity index (χ4v) is 4.63. The molecule has 1 atom stereocenters. The molecule has 1 aliphatic rings. The number of rotatable bonds is 9. The van der Waals surface area contributed by atoms with Gasteiger partial charge in [0.1, 0.15) is 0 Å². The fourth-order valence-electron chi connectivity index (χ4n) is 3.52. The Kier molecular flexibility index (Phi) is 6.99. The smallest absolute Gasteiger partial charge is 0.251 e. The molecule has 1 fully saturated rings. The number of aromatic nitrogens is 2. The van der Waals surface area contributed by atoms with Gasteiger partial charge in [0.25, 0.3) is 5.91 Å². The summed E-state index contributed by atoms with van der Waals surface area (Å²) < 4.78 is 35.0. The van der Waals surface area contributed by atoms with Gasteiger partial charge >= 0.3 is 0 Å². The molecule has 0 radical (unpaired) electrons. The second kappa shape index (κ2) is 10.1. The van der Waals surface area contributed by atoms with E-state index in [9.17, 15) is 13.2 Å². The average molecular weight is 455 g/mol. The lowest BCUT2D eigenvalue weighted by atomic mass is 10.2. The molecule has 4 rings (SSSR count). The van der Waals surface area contributed by atoms with Gasteiger partial charge in [0.2, 0.25) is 10.0 Å². The monoisotopic (exact) mass is 454 g/mol. The van der Waals surface area contributed by atoms with Crippen LogP contribution in [0.1, 0.15) is 28.9 Å². The highest BCUT2D eigenvalue weighted by molar-refractivity contribution is 7.89. The Labute approximate surface area is 187 Å². The summed E-state index contributed by atoms with van der Waals surface area (Å²) in [6, 6.07) is 17.7. The van der Waals surface area contributed by atoms with Gasteiger partial charge in [-0.15, -0.1) is 0 Å². The summed E-state index contributed by atoms with van der Waals surface area (Å²) in [7, 11) is -3.71. The van der Waals surface area contributed by atoms with E-state index in [0.29, 0.717) is 25.1 Å². The number of amides is 1. The van der Waals surface area contributed by atoms with Crippen molar-refractivity contribution in [2.45, 2.75) is 30.3 Å². The Morgan fingerprint density at radius 1 is 1.12 bits per heavy atom. The van der Waals surface area contributed by atoms with Crippen LogP contribution in [-0.2, 0) is 21.2 Å². The van der Waals surface area contributed by atoms with Crippen molar-refractivity contribution in [2.24, 2.45) is 0 Å². The van der Waals surface area contributed by atoms with E-state index < -0.39 is 10.0 Å². The minimum Gasteiger partial charge on any atom is -0.377 e. The predicted octanol–water partition coefficient (Wildman–Crippen LogP) is 2.30. The van der Waals surface area contributed by atoms with Crippen molar-refractivity contribution in [1.29, 1.82) is 0 Å². The molecule has 32 heavy (non-hydrogen) atoms. The number of nitrogens with zero attached hydrogens (tertiary/aromatic N) is 2. The maximum Gasteiger partial charge on any atom is 0.251 e. The summed E-state index contributed by atoms with van der Waals surface area (Å²) in [5.41, 5.74) is 2.11. The third-order valence-corrected chi connectivity index (χ3v) is 6.68. The Bertz CT molecular complexity index is 1160. The minimum atomic E-state index is -3.71. The summed E-state index contributed by atoms with van der Waals surface area (Å²) >= 11 is 0. The van der Waals surface area contributed by atoms with Crippen molar-refractivity contribution < 1.29 is 17.9 Å². The van der Waals surface area contributed by atoms with Crippen molar-refractivity contribution in [1.82, 2.24) is 19.8 Å². The molecule has 1 amide bonds. The number of ether oxygens (including phenoxy) is 1. The van der Waals surface area contributed by atoms with Gasteiger partial charge in [-0.1, -0.05) is 24.3 Å². The van der Waals surface area contributed by atoms with E-state index in [1.54, 1.807) is 16.8 Å². The molecule has 0 aliphatic carbocycles. The highest BCUT2D eigenvalue weighted by Gasteiger charge is 2.21. The molecule has 1 saturated heterocycles. The number of benzene rings is 2. The topological polar surface area (TPSA) is 102 Å². The molecule has 2 heterocycles. The zero-order valence-corrected chi connectivity index (χ0v) is 18.4. The largest absolute Gasteiger partial charge is 0.377 e. The number of hydrogen-bond acceptors (Lipinski definition) is 5. The molecule has 0 bridgehead atoms.